The van der Waals surface area contributed by atoms with Gasteiger partial charge in [0.05, 0.1) is 12.7 Å². The molecular weight excluding hydrogens is 368 g/mol. The minimum atomic E-state index is -3.62. The highest BCUT2D eigenvalue weighted by molar-refractivity contribution is 7.89. The Labute approximate surface area is 151 Å². The summed E-state index contributed by atoms with van der Waals surface area (Å²) in [7, 11) is -1.99. The van der Waals surface area contributed by atoms with Gasteiger partial charge in [0.2, 0.25) is 15.9 Å². The third kappa shape index (κ3) is 3.89. The molecule has 0 aromatic carbocycles. The number of halogens is 2. The van der Waals surface area contributed by atoms with Gasteiger partial charge in [-0.3, -0.25) is 9.48 Å². The fourth-order valence-electron chi connectivity index (χ4n) is 3.38. The molecule has 2 aliphatic heterocycles. The molecule has 2 N–H and O–H groups in total. The van der Waals surface area contributed by atoms with E-state index in [-0.39, 0.29) is 30.4 Å². The van der Waals surface area contributed by atoms with E-state index in [1.54, 1.807) is 7.05 Å². The van der Waals surface area contributed by atoms with Crippen LogP contribution in [0.1, 0.15) is 19.3 Å². The van der Waals surface area contributed by atoms with E-state index < -0.39 is 34.3 Å². The van der Waals surface area contributed by atoms with E-state index in [1.807, 2.05) is 0 Å². The Morgan fingerprint density at radius 3 is 2.62 bits per heavy atom. The number of hydrogen-bond acceptors (Lipinski definition) is 5. The van der Waals surface area contributed by atoms with E-state index >= 15 is 0 Å². The first-order valence-corrected chi connectivity index (χ1v) is 10.0. The van der Waals surface area contributed by atoms with Crippen LogP contribution >= 0.6 is 0 Å². The molecule has 26 heavy (non-hydrogen) atoms. The van der Waals surface area contributed by atoms with Crippen LogP contribution in [0.15, 0.2) is 17.3 Å². The summed E-state index contributed by atoms with van der Waals surface area (Å²) >= 11 is 0. The molecule has 1 aromatic heterocycles. The molecule has 11 heteroatoms. The topological polar surface area (TPSA) is 96.3 Å². The molecule has 2 saturated heterocycles. The fourth-order valence-corrected chi connectivity index (χ4v) is 4.84. The van der Waals surface area contributed by atoms with Gasteiger partial charge in [-0.15, -0.1) is 0 Å². The molecule has 1 amide bonds. The number of aryl methyl sites for hydroxylation is 1. The predicted molar refractivity (Wildman–Crippen MR) is 89.1 cm³/mol. The highest BCUT2D eigenvalue weighted by Gasteiger charge is 2.46. The van der Waals surface area contributed by atoms with Gasteiger partial charge in [-0.1, -0.05) is 0 Å². The highest BCUT2D eigenvalue weighted by Crippen LogP contribution is 2.30. The van der Waals surface area contributed by atoms with Crippen molar-refractivity contribution in [1.29, 1.82) is 0 Å². The van der Waals surface area contributed by atoms with Gasteiger partial charge in [-0.2, -0.15) is 9.40 Å². The van der Waals surface area contributed by atoms with Crippen LogP contribution in [-0.2, 0) is 21.9 Å². The van der Waals surface area contributed by atoms with E-state index in [2.05, 4.69) is 15.7 Å². The summed E-state index contributed by atoms with van der Waals surface area (Å²) in [5, 5.41) is 9.14. The Kier molecular flexibility index (Phi) is 5.31. The fraction of sp³-hybridized carbons (Fsp3) is 0.733. The van der Waals surface area contributed by atoms with Crippen LogP contribution in [0, 0.1) is 5.92 Å². The molecule has 0 radical (unpaired) electrons. The van der Waals surface area contributed by atoms with Crippen LogP contribution in [0.2, 0.25) is 0 Å². The molecule has 0 aliphatic carbocycles. The van der Waals surface area contributed by atoms with Crippen molar-refractivity contribution < 1.29 is 22.0 Å². The van der Waals surface area contributed by atoms with Crippen LogP contribution in [0.4, 0.5) is 8.78 Å². The zero-order valence-corrected chi connectivity index (χ0v) is 15.3. The molecule has 3 heterocycles. The molecule has 146 valence electrons. The first kappa shape index (κ1) is 19.2. The third-order valence-corrected chi connectivity index (χ3v) is 6.77. The van der Waals surface area contributed by atoms with Crippen molar-refractivity contribution in [2.24, 2.45) is 13.0 Å². The Morgan fingerprint density at radius 1 is 1.35 bits per heavy atom. The van der Waals surface area contributed by atoms with Gasteiger partial charge in [0.25, 0.3) is 5.92 Å². The van der Waals surface area contributed by atoms with Crippen molar-refractivity contribution in [3.05, 3.63) is 12.4 Å². The lowest BCUT2D eigenvalue weighted by molar-refractivity contribution is -0.143. The van der Waals surface area contributed by atoms with Crippen molar-refractivity contribution in [3.63, 3.8) is 0 Å². The second-order valence-electron chi connectivity index (χ2n) is 6.82. The largest absolute Gasteiger partial charge is 0.353 e. The van der Waals surface area contributed by atoms with Crippen molar-refractivity contribution in [3.8, 4) is 0 Å². The molecule has 2 fully saturated rings. The van der Waals surface area contributed by atoms with Crippen molar-refractivity contribution >= 4 is 15.9 Å². The number of amides is 1. The summed E-state index contributed by atoms with van der Waals surface area (Å²) in [6.45, 7) is 0.345. The molecule has 0 saturated carbocycles. The second kappa shape index (κ2) is 7.20. The zero-order chi connectivity index (χ0) is 18.9. The second-order valence-corrected chi connectivity index (χ2v) is 8.75. The van der Waals surface area contributed by atoms with Gasteiger partial charge < -0.3 is 10.6 Å². The van der Waals surface area contributed by atoms with Crippen LogP contribution in [0.25, 0.3) is 0 Å². The van der Waals surface area contributed by atoms with Crippen molar-refractivity contribution in [2.45, 2.75) is 36.1 Å². The molecular formula is C15H23F2N5O3S. The number of sulfonamides is 1. The first-order chi connectivity index (χ1) is 12.2. The Morgan fingerprint density at radius 2 is 2.04 bits per heavy atom. The standard InChI is InChI=1S/C15H23F2N5O3S/c1-21-9-12(8-19-21)26(24,25)22-6-3-11(4-7-22)20-14(23)13-2-5-18-10-15(13,16)17/h8-9,11,13,18H,2-7,10H2,1H3,(H,20,23). The van der Waals surface area contributed by atoms with Gasteiger partial charge >= 0.3 is 0 Å². The third-order valence-electron chi connectivity index (χ3n) is 4.92. The zero-order valence-electron chi connectivity index (χ0n) is 14.5. The normalized spacial score (nSPS) is 25.1. The van der Waals surface area contributed by atoms with Crippen molar-refractivity contribution in [1.82, 2.24) is 24.7 Å². The maximum atomic E-state index is 13.9. The minimum absolute atomic E-state index is 0.0903. The van der Waals surface area contributed by atoms with Crippen LogP contribution in [-0.4, -0.2) is 66.6 Å². The quantitative estimate of drug-likeness (QED) is 0.749. The number of carbonyl (C=O) groups is 1. The Bertz CT molecular complexity index is 759. The van der Waals surface area contributed by atoms with Gasteiger partial charge in [0, 0.05) is 32.4 Å². The van der Waals surface area contributed by atoms with E-state index in [0.29, 0.717) is 19.4 Å². The molecule has 2 aliphatic rings. The average molecular weight is 391 g/mol. The van der Waals surface area contributed by atoms with Crippen molar-refractivity contribution in [2.75, 3.05) is 26.2 Å². The number of aromatic nitrogens is 2. The van der Waals surface area contributed by atoms with Crippen LogP contribution in [0.5, 0.6) is 0 Å². The average Bonchev–Trinajstić information content (AvgIpc) is 3.02. The van der Waals surface area contributed by atoms with E-state index in [9.17, 15) is 22.0 Å². The lowest BCUT2D eigenvalue weighted by atomic mass is 9.92. The summed E-state index contributed by atoms with van der Waals surface area (Å²) in [5.41, 5.74) is 0. The minimum Gasteiger partial charge on any atom is -0.353 e. The number of alkyl halides is 2. The molecule has 0 bridgehead atoms. The van der Waals surface area contributed by atoms with E-state index in [1.165, 1.54) is 21.4 Å². The molecule has 1 atom stereocenters. The molecule has 3 rings (SSSR count). The van der Waals surface area contributed by atoms with Gasteiger partial charge in [-0.05, 0) is 25.8 Å². The number of nitrogens with zero attached hydrogens (tertiary/aromatic N) is 3. The number of hydrogen-bond donors (Lipinski definition) is 2. The first-order valence-electron chi connectivity index (χ1n) is 8.58. The monoisotopic (exact) mass is 391 g/mol. The molecule has 0 spiro atoms. The molecule has 1 unspecified atom stereocenters. The lowest BCUT2D eigenvalue weighted by Gasteiger charge is -2.34. The Balaban J connectivity index is 1.56. The lowest BCUT2D eigenvalue weighted by Crippen LogP contribution is -2.55. The number of carbonyl (C=O) groups excluding carboxylic acids is 1. The van der Waals surface area contributed by atoms with Gasteiger partial charge in [0.15, 0.2) is 0 Å². The van der Waals surface area contributed by atoms with E-state index in [0.717, 1.165) is 0 Å². The summed E-state index contributed by atoms with van der Waals surface area (Å²) in [6, 6.07) is -0.298. The predicted octanol–water partition coefficient (Wildman–Crippen LogP) is -0.0658. The summed E-state index contributed by atoms with van der Waals surface area (Å²) in [5.74, 6) is -5.04. The van der Waals surface area contributed by atoms with Gasteiger partial charge in [0.1, 0.15) is 10.8 Å². The molecule has 8 nitrogen and oxygen atoms in total. The number of piperidine rings is 2. The van der Waals surface area contributed by atoms with Crippen LogP contribution < -0.4 is 10.6 Å². The summed E-state index contributed by atoms with van der Waals surface area (Å²) in [4.78, 5) is 12.3. The highest BCUT2D eigenvalue weighted by atomic mass is 32.2. The SMILES string of the molecule is Cn1cc(S(=O)(=O)N2CCC(NC(=O)C3CCNCC3(F)F)CC2)cn1. The summed E-state index contributed by atoms with van der Waals surface area (Å²) < 4.78 is 55.6. The smallest absolute Gasteiger partial charge is 0.271 e. The Hall–Kier alpha value is -1.59. The molecule has 1 aromatic rings. The van der Waals surface area contributed by atoms with Gasteiger partial charge in [-0.25, -0.2) is 17.2 Å². The number of rotatable bonds is 4. The number of nitrogens with one attached hydrogen (secondary N) is 2. The maximum absolute atomic E-state index is 13.9. The van der Waals surface area contributed by atoms with E-state index in [4.69, 9.17) is 0 Å². The summed E-state index contributed by atoms with van der Waals surface area (Å²) in [6.07, 6.45) is 3.60. The van der Waals surface area contributed by atoms with Crippen LogP contribution in [0.3, 0.4) is 0 Å². The maximum Gasteiger partial charge on any atom is 0.271 e.